The Morgan fingerprint density at radius 1 is 1.03 bits per heavy atom. The Bertz CT molecular complexity index is 1060. The quantitative estimate of drug-likeness (QED) is 0.485. The molecule has 0 spiro atoms. The first-order chi connectivity index (χ1) is 14.8. The van der Waals surface area contributed by atoms with E-state index in [1.165, 1.54) is 24.3 Å². The second kappa shape index (κ2) is 9.56. The fourth-order valence-electron chi connectivity index (χ4n) is 2.99. The molecule has 31 heavy (non-hydrogen) atoms. The van der Waals surface area contributed by atoms with Crippen molar-refractivity contribution in [2.75, 3.05) is 23.3 Å². The summed E-state index contributed by atoms with van der Waals surface area (Å²) in [4.78, 5) is 23.4. The van der Waals surface area contributed by atoms with Gasteiger partial charge in [-0.3, -0.25) is 9.52 Å². The number of rotatable bonds is 8. The van der Waals surface area contributed by atoms with Crippen LogP contribution >= 0.6 is 0 Å². The zero-order valence-electron chi connectivity index (χ0n) is 16.9. The Hall–Kier alpha value is -3.47. The summed E-state index contributed by atoms with van der Waals surface area (Å²) in [6.45, 7) is 2.65. The molecule has 11 heteroatoms. The van der Waals surface area contributed by atoms with Gasteiger partial charge in [-0.1, -0.05) is 13.3 Å². The first-order valence-electron chi connectivity index (χ1n) is 9.68. The van der Waals surface area contributed by atoms with E-state index in [4.69, 9.17) is 15.2 Å². The topological polar surface area (TPSA) is 149 Å². The summed E-state index contributed by atoms with van der Waals surface area (Å²) >= 11 is 0. The highest BCUT2D eigenvalue weighted by molar-refractivity contribution is 7.92. The molecule has 5 N–H and O–H groups in total. The second-order valence-corrected chi connectivity index (χ2v) is 8.51. The molecule has 10 nitrogen and oxygen atoms in total. The summed E-state index contributed by atoms with van der Waals surface area (Å²) in [5, 5.41) is 5.07. The molecular formula is C20H24N4O6S. The predicted molar refractivity (Wildman–Crippen MR) is 115 cm³/mol. The van der Waals surface area contributed by atoms with Crippen molar-refractivity contribution >= 4 is 33.3 Å². The van der Waals surface area contributed by atoms with Crippen molar-refractivity contribution in [2.24, 2.45) is 5.73 Å². The minimum atomic E-state index is -3.85. The van der Waals surface area contributed by atoms with Crippen LogP contribution in [0.2, 0.25) is 0 Å². The number of carbonyl (C=O) groups is 2. The van der Waals surface area contributed by atoms with Gasteiger partial charge in [0.1, 0.15) is 19.3 Å². The molecule has 0 radical (unpaired) electrons. The Morgan fingerprint density at radius 2 is 1.68 bits per heavy atom. The van der Waals surface area contributed by atoms with E-state index in [-0.39, 0.29) is 4.90 Å². The largest absolute Gasteiger partial charge is 0.486 e. The molecule has 1 aliphatic rings. The average molecular weight is 449 g/mol. The van der Waals surface area contributed by atoms with Crippen LogP contribution in [0.5, 0.6) is 11.5 Å². The third-order valence-electron chi connectivity index (χ3n) is 4.44. The molecule has 0 saturated carbocycles. The van der Waals surface area contributed by atoms with Crippen LogP contribution in [0.15, 0.2) is 47.4 Å². The fraction of sp³-hybridized carbons (Fsp3) is 0.300. The molecule has 0 aliphatic carbocycles. The monoisotopic (exact) mass is 448 g/mol. The minimum absolute atomic E-state index is 0.0362. The molecule has 0 saturated heterocycles. The van der Waals surface area contributed by atoms with Crippen LogP contribution in [0.4, 0.5) is 16.2 Å². The number of sulfonamides is 1. The molecule has 1 atom stereocenters. The number of carbonyl (C=O) groups excluding carboxylic acids is 2. The van der Waals surface area contributed by atoms with Crippen LogP contribution < -0.4 is 30.6 Å². The lowest BCUT2D eigenvalue weighted by Crippen LogP contribution is -2.46. The molecule has 1 aliphatic heterocycles. The molecular weight excluding hydrogens is 424 g/mol. The normalized spacial score (nSPS) is 13.7. The number of ether oxygens (including phenoxy) is 2. The van der Waals surface area contributed by atoms with E-state index in [1.54, 1.807) is 18.2 Å². The number of hydrogen-bond acceptors (Lipinski definition) is 6. The summed E-state index contributed by atoms with van der Waals surface area (Å²) < 4.78 is 38.7. The van der Waals surface area contributed by atoms with Gasteiger partial charge in [-0.25, -0.2) is 13.2 Å². The minimum Gasteiger partial charge on any atom is -0.486 e. The highest BCUT2D eigenvalue weighted by Gasteiger charge is 2.21. The SMILES string of the molecule is CCCC(NC(N)=O)C(=O)Nc1ccc(NS(=O)(=O)c2ccc3c(c2)OCCO3)cc1. The lowest BCUT2D eigenvalue weighted by Gasteiger charge is -2.19. The molecule has 0 bridgehead atoms. The highest BCUT2D eigenvalue weighted by atomic mass is 32.2. The number of urea groups is 1. The number of fused-ring (bicyclic) bond motifs is 1. The van der Waals surface area contributed by atoms with Gasteiger partial charge in [-0.2, -0.15) is 0 Å². The first kappa shape index (κ1) is 22.2. The smallest absolute Gasteiger partial charge is 0.312 e. The molecule has 1 heterocycles. The number of amides is 3. The molecule has 3 amide bonds. The van der Waals surface area contributed by atoms with Gasteiger partial charge in [0.25, 0.3) is 10.0 Å². The molecule has 166 valence electrons. The van der Waals surface area contributed by atoms with Crippen molar-refractivity contribution in [1.82, 2.24) is 5.32 Å². The Balaban J connectivity index is 1.67. The van der Waals surface area contributed by atoms with Crippen LogP contribution in [0.3, 0.4) is 0 Å². The number of benzene rings is 2. The van der Waals surface area contributed by atoms with Gasteiger partial charge < -0.3 is 25.8 Å². The third-order valence-corrected chi connectivity index (χ3v) is 5.82. The van der Waals surface area contributed by atoms with E-state index in [0.29, 0.717) is 48.9 Å². The van der Waals surface area contributed by atoms with E-state index in [0.717, 1.165) is 0 Å². The molecule has 2 aromatic carbocycles. The molecule has 3 rings (SSSR count). The van der Waals surface area contributed by atoms with Gasteiger partial charge in [-0.05, 0) is 42.8 Å². The maximum Gasteiger partial charge on any atom is 0.312 e. The lowest BCUT2D eigenvalue weighted by molar-refractivity contribution is -0.118. The standard InChI is InChI=1S/C20H24N4O6S/c1-2-3-16(23-20(21)26)19(25)22-13-4-6-14(7-5-13)24-31(27,28)15-8-9-17-18(12-15)30-11-10-29-17/h4-9,12,16,24H,2-3,10-11H2,1H3,(H,22,25)(H3,21,23,26). The van der Waals surface area contributed by atoms with Crippen LogP contribution in [0, 0.1) is 0 Å². The number of nitrogens with two attached hydrogens (primary N) is 1. The molecule has 2 aromatic rings. The zero-order valence-corrected chi connectivity index (χ0v) is 17.7. The highest BCUT2D eigenvalue weighted by Crippen LogP contribution is 2.32. The van der Waals surface area contributed by atoms with Crippen molar-refractivity contribution < 1.29 is 27.5 Å². The summed E-state index contributed by atoms with van der Waals surface area (Å²) in [6, 6.07) is 8.99. The Labute approximate surface area is 180 Å². The van der Waals surface area contributed by atoms with Crippen LogP contribution in [-0.4, -0.2) is 39.6 Å². The molecule has 0 fully saturated rings. The second-order valence-electron chi connectivity index (χ2n) is 6.83. The maximum absolute atomic E-state index is 12.7. The van der Waals surface area contributed by atoms with Crippen molar-refractivity contribution in [3.8, 4) is 11.5 Å². The summed E-state index contributed by atoms with van der Waals surface area (Å²) in [5.74, 6) is 0.459. The third kappa shape index (κ3) is 5.79. The summed E-state index contributed by atoms with van der Waals surface area (Å²) in [6.07, 6.45) is 1.11. The number of anilines is 2. The van der Waals surface area contributed by atoms with Crippen LogP contribution in [0.25, 0.3) is 0 Å². The fourth-order valence-corrected chi connectivity index (χ4v) is 4.06. The number of primary amides is 1. The Morgan fingerprint density at radius 3 is 2.32 bits per heavy atom. The van der Waals surface area contributed by atoms with Gasteiger partial charge in [-0.15, -0.1) is 0 Å². The van der Waals surface area contributed by atoms with Crippen LogP contribution in [0.1, 0.15) is 19.8 Å². The van der Waals surface area contributed by atoms with Gasteiger partial charge in [0, 0.05) is 17.4 Å². The molecule has 1 unspecified atom stereocenters. The van der Waals surface area contributed by atoms with E-state index in [1.807, 2.05) is 6.92 Å². The first-order valence-corrected chi connectivity index (χ1v) is 11.2. The predicted octanol–water partition coefficient (Wildman–Crippen LogP) is 2.03. The average Bonchev–Trinajstić information content (AvgIpc) is 2.74. The van der Waals surface area contributed by atoms with Gasteiger partial charge >= 0.3 is 6.03 Å². The van der Waals surface area contributed by atoms with Crippen molar-refractivity contribution in [1.29, 1.82) is 0 Å². The Kier molecular flexibility index (Phi) is 6.85. The lowest BCUT2D eigenvalue weighted by atomic mass is 10.1. The van der Waals surface area contributed by atoms with E-state index in [2.05, 4.69) is 15.4 Å². The summed E-state index contributed by atoms with van der Waals surface area (Å²) in [7, 11) is -3.85. The van der Waals surface area contributed by atoms with Gasteiger partial charge in [0.2, 0.25) is 5.91 Å². The molecule has 0 aromatic heterocycles. The zero-order chi connectivity index (χ0) is 22.4. The number of hydrogen-bond donors (Lipinski definition) is 4. The van der Waals surface area contributed by atoms with Gasteiger partial charge in [0.15, 0.2) is 11.5 Å². The van der Waals surface area contributed by atoms with Crippen molar-refractivity contribution in [3.05, 3.63) is 42.5 Å². The van der Waals surface area contributed by atoms with Gasteiger partial charge in [0.05, 0.1) is 4.90 Å². The van der Waals surface area contributed by atoms with E-state index < -0.39 is 28.0 Å². The maximum atomic E-state index is 12.7. The van der Waals surface area contributed by atoms with E-state index in [9.17, 15) is 18.0 Å². The van der Waals surface area contributed by atoms with E-state index >= 15 is 0 Å². The summed E-state index contributed by atoms with van der Waals surface area (Å²) in [5.41, 5.74) is 5.87. The number of nitrogens with one attached hydrogen (secondary N) is 3. The van der Waals surface area contributed by atoms with Crippen molar-refractivity contribution in [3.63, 3.8) is 0 Å². The van der Waals surface area contributed by atoms with Crippen molar-refractivity contribution in [2.45, 2.75) is 30.7 Å². The van der Waals surface area contributed by atoms with Crippen LogP contribution in [-0.2, 0) is 14.8 Å².